The molecule has 0 aliphatic carbocycles. The number of rotatable bonds is 12. The van der Waals surface area contributed by atoms with Crippen molar-refractivity contribution in [3.05, 3.63) is 132 Å². The van der Waals surface area contributed by atoms with Crippen molar-refractivity contribution >= 4 is 0 Å². The highest BCUT2D eigenvalue weighted by atomic mass is 16.5. The summed E-state index contributed by atoms with van der Waals surface area (Å²) < 4.78 is 8.19. The Bertz CT molecular complexity index is 1450. The summed E-state index contributed by atoms with van der Waals surface area (Å²) in [5.41, 5.74) is 7.08. The van der Waals surface area contributed by atoms with Crippen molar-refractivity contribution in [2.24, 2.45) is 0 Å². The first-order valence-electron chi connectivity index (χ1n) is 13.8. The standard InChI is InChI=1S/C35H37N3O/c1-3-4-24-38-32(34(29-18-10-6-11-19-29)36-35(38)30-20-12-7-13-21-30)27-37(25-28-16-8-5-9-17-28)26-31-22-14-15-23-33(31)39-2/h5-23H,3-4,24-27H2,1-2H3. The summed E-state index contributed by atoms with van der Waals surface area (Å²) in [4.78, 5) is 7.82. The number of para-hydroxylation sites is 1. The van der Waals surface area contributed by atoms with Gasteiger partial charge in [0.2, 0.25) is 0 Å². The van der Waals surface area contributed by atoms with E-state index in [2.05, 4.69) is 120 Å². The van der Waals surface area contributed by atoms with Gasteiger partial charge in [0.15, 0.2) is 0 Å². The number of hydrogen-bond donors (Lipinski definition) is 0. The van der Waals surface area contributed by atoms with E-state index < -0.39 is 0 Å². The van der Waals surface area contributed by atoms with Crippen LogP contribution >= 0.6 is 0 Å². The molecule has 0 saturated heterocycles. The summed E-state index contributed by atoms with van der Waals surface area (Å²) in [6.07, 6.45) is 2.23. The molecule has 0 amide bonds. The third-order valence-electron chi connectivity index (χ3n) is 7.10. The quantitative estimate of drug-likeness (QED) is 0.168. The lowest BCUT2D eigenvalue weighted by molar-refractivity contribution is 0.237. The average molecular weight is 516 g/mol. The van der Waals surface area contributed by atoms with Crippen LogP contribution in [0.2, 0.25) is 0 Å². The predicted octanol–water partition coefficient (Wildman–Crippen LogP) is 8.23. The van der Waals surface area contributed by atoms with E-state index in [1.54, 1.807) is 7.11 Å². The normalized spacial score (nSPS) is 11.2. The summed E-state index contributed by atoms with van der Waals surface area (Å²) in [6.45, 7) is 5.55. The van der Waals surface area contributed by atoms with Crippen LogP contribution in [0, 0.1) is 0 Å². The maximum atomic E-state index is 5.73. The molecule has 198 valence electrons. The Morgan fingerprint density at radius 3 is 1.97 bits per heavy atom. The molecule has 0 atom stereocenters. The summed E-state index contributed by atoms with van der Waals surface area (Å²) in [7, 11) is 1.75. The van der Waals surface area contributed by atoms with Gasteiger partial charge >= 0.3 is 0 Å². The van der Waals surface area contributed by atoms with E-state index in [9.17, 15) is 0 Å². The topological polar surface area (TPSA) is 30.3 Å². The first-order valence-corrected chi connectivity index (χ1v) is 13.8. The Labute approximate surface area is 232 Å². The van der Waals surface area contributed by atoms with Crippen LogP contribution in [0.15, 0.2) is 115 Å². The Morgan fingerprint density at radius 1 is 0.692 bits per heavy atom. The average Bonchev–Trinajstić information content (AvgIpc) is 3.35. The van der Waals surface area contributed by atoms with Gasteiger partial charge in [0.05, 0.1) is 18.5 Å². The first kappa shape index (κ1) is 26.5. The smallest absolute Gasteiger partial charge is 0.140 e. The van der Waals surface area contributed by atoms with Gasteiger partial charge in [0, 0.05) is 42.9 Å². The molecule has 0 N–H and O–H groups in total. The van der Waals surface area contributed by atoms with E-state index in [1.165, 1.54) is 16.8 Å². The number of aromatic nitrogens is 2. The van der Waals surface area contributed by atoms with Crippen molar-refractivity contribution in [2.45, 2.75) is 45.9 Å². The van der Waals surface area contributed by atoms with Gasteiger partial charge in [-0.25, -0.2) is 4.98 Å². The minimum Gasteiger partial charge on any atom is -0.496 e. The Kier molecular flexibility index (Phi) is 8.87. The van der Waals surface area contributed by atoms with Gasteiger partial charge in [-0.15, -0.1) is 0 Å². The SMILES string of the molecule is CCCCn1c(-c2ccccc2)nc(-c2ccccc2)c1CN(Cc1ccccc1)Cc1ccccc1OC. The zero-order valence-electron chi connectivity index (χ0n) is 23.0. The van der Waals surface area contributed by atoms with Crippen LogP contribution in [0.1, 0.15) is 36.6 Å². The molecule has 0 unspecified atom stereocenters. The zero-order chi connectivity index (χ0) is 26.9. The fourth-order valence-electron chi connectivity index (χ4n) is 5.13. The fourth-order valence-corrected chi connectivity index (χ4v) is 5.13. The zero-order valence-corrected chi connectivity index (χ0v) is 23.0. The third-order valence-corrected chi connectivity index (χ3v) is 7.10. The lowest BCUT2D eigenvalue weighted by Crippen LogP contribution is -2.25. The molecule has 39 heavy (non-hydrogen) atoms. The number of ether oxygens (including phenoxy) is 1. The van der Waals surface area contributed by atoms with E-state index >= 15 is 0 Å². The largest absolute Gasteiger partial charge is 0.496 e. The molecule has 0 spiro atoms. The van der Waals surface area contributed by atoms with E-state index in [4.69, 9.17) is 9.72 Å². The van der Waals surface area contributed by atoms with Crippen molar-refractivity contribution in [1.29, 1.82) is 0 Å². The van der Waals surface area contributed by atoms with E-state index in [0.717, 1.165) is 67.4 Å². The number of imidazole rings is 1. The molecule has 0 saturated carbocycles. The lowest BCUT2D eigenvalue weighted by atomic mass is 10.1. The van der Waals surface area contributed by atoms with Crippen molar-refractivity contribution < 1.29 is 4.74 Å². The number of unbranched alkanes of at least 4 members (excludes halogenated alkanes) is 1. The van der Waals surface area contributed by atoms with Gasteiger partial charge in [-0.3, -0.25) is 4.90 Å². The molecular formula is C35H37N3O. The molecule has 5 aromatic rings. The Hall–Kier alpha value is -4.15. The number of hydrogen-bond acceptors (Lipinski definition) is 3. The predicted molar refractivity (Wildman–Crippen MR) is 160 cm³/mol. The fraction of sp³-hybridized carbons (Fsp3) is 0.229. The van der Waals surface area contributed by atoms with Crippen LogP contribution in [-0.2, 0) is 26.2 Å². The van der Waals surface area contributed by atoms with E-state index in [1.807, 2.05) is 12.1 Å². The maximum absolute atomic E-state index is 5.73. The highest BCUT2D eigenvalue weighted by molar-refractivity contribution is 5.68. The van der Waals surface area contributed by atoms with Gasteiger partial charge < -0.3 is 9.30 Å². The summed E-state index contributed by atoms with van der Waals surface area (Å²) in [5.74, 6) is 1.96. The monoisotopic (exact) mass is 515 g/mol. The number of methoxy groups -OCH3 is 1. The van der Waals surface area contributed by atoms with Crippen LogP contribution in [0.25, 0.3) is 22.6 Å². The van der Waals surface area contributed by atoms with E-state index in [-0.39, 0.29) is 0 Å². The van der Waals surface area contributed by atoms with Gasteiger partial charge in [0.1, 0.15) is 11.6 Å². The van der Waals surface area contributed by atoms with Crippen molar-refractivity contribution in [3.8, 4) is 28.4 Å². The van der Waals surface area contributed by atoms with Crippen molar-refractivity contribution in [1.82, 2.24) is 14.5 Å². The van der Waals surface area contributed by atoms with Crippen LogP contribution < -0.4 is 4.74 Å². The molecule has 0 aliphatic rings. The maximum Gasteiger partial charge on any atom is 0.140 e. The second-order valence-electron chi connectivity index (χ2n) is 9.91. The van der Waals surface area contributed by atoms with E-state index in [0.29, 0.717) is 0 Å². The molecule has 1 aromatic heterocycles. The molecule has 4 heteroatoms. The second kappa shape index (κ2) is 13.1. The van der Waals surface area contributed by atoms with Gasteiger partial charge in [0.25, 0.3) is 0 Å². The molecule has 1 heterocycles. The van der Waals surface area contributed by atoms with Crippen LogP contribution in [0.5, 0.6) is 5.75 Å². The number of nitrogens with zero attached hydrogens (tertiary/aromatic N) is 3. The summed E-state index contributed by atoms with van der Waals surface area (Å²) in [6, 6.07) is 40.3. The first-order chi connectivity index (χ1) is 19.3. The third kappa shape index (κ3) is 6.47. The Morgan fingerprint density at radius 2 is 1.31 bits per heavy atom. The van der Waals surface area contributed by atoms with Gasteiger partial charge in [-0.05, 0) is 18.1 Å². The Balaban J connectivity index is 1.62. The van der Waals surface area contributed by atoms with Crippen LogP contribution in [-0.4, -0.2) is 21.6 Å². The molecule has 4 nitrogen and oxygen atoms in total. The van der Waals surface area contributed by atoms with Crippen molar-refractivity contribution in [3.63, 3.8) is 0 Å². The molecular weight excluding hydrogens is 478 g/mol. The molecule has 0 aliphatic heterocycles. The molecule has 4 aromatic carbocycles. The molecule has 0 radical (unpaired) electrons. The molecule has 0 fully saturated rings. The van der Waals surface area contributed by atoms with Gasteiger partial charge in [-0.2, -0.15) is 0 Å². The highest BCUT2D eigenvalue weighted by Gasteiger charge is 2.22. The van der Waals surface area contributed by atoms with Crippen molar-refractivity contribution in [2.75, 3.05) is 7.11 Å². The number of benzene rings is 4. The van der Waals surface area contributed by atoms with Gasteiger partial charge in [-0.1, -0.05) is 123 Å². The molecule has 0 bridgehead atoms. The summed E-state index contributed by atoms with van der Waals surface area (Å²) in [5, 5.41) is 0. The summed E-state index contributed by atoms with van der Waals surface area (Å²) >= 11 is 0. The highest BCUT2D eigenvalue weighted by Crippen LogP contribution is 2.32. The lowest BCUT2D eigenvalue weighted by Gasteiger charge is -2.25. The minimum absolute atomic E-state index is 0.765. The second-order valence-corrected chi connectivity index (χ2v) is 9.91. The van der Waals surface area contributed by atoms with Crippen LogP contribution in [0.4, 0.5) is 0 Å². The van der Waals surface area contributed by atoms with Crippen LogP contribution in [0.3, 0.4) is 0 Å². The molecule has 5 rings (SSSR count). The minimum atomic E-state index is 0.765.